The Balaban J connectivity index is 2.26. The molecule has 0 heterocycles. The Morgan fingerprint density at radius 2 is 1.84 bits per heavy atom. The first kappa shape index (κ1) is 15.6. The van der Waals surface area contributed by atoms with E-state index in [4.69, 9.17) is 5.11 Å². The molecule has 19 heavy (non-hydrogen) atoms. The largest absolute Gasteiger partial charge is 0.481 e. The van der Waals surface area contributed by atoms with Crippen LogP contribution in [0.5, 0.6) is 0 Å². The molecule has 0 bridgehead atoms. The molecule has 1 aromatic carbocycles. The third-order valence-electron chi connectivity index (χ3n) is 2.69. The van der Waals surface area contributed by atoms with E-state index in [0.29, 0.717) is 12.2 Å². The molecule has 0 unspecified atom stereocenters. The minimum atomic E-state index is -0.881. The van der Waals surface area contributed by atoms with Gasteiger partial charge in [0.05, 0.1) is 6.42 Å². The number of amides is 1. The molecule has 0 saturated heterocycles. The Kier molecular flexibility index (Phi) is 6.42. The summed E-state index contributed by atoms with van der Waals surface area (Å²) in [5.74, 6) is -0.186. The van der Waals surface area contributed by atoms with E-state index < -0.39 is 5.97 Å². The van der Waals surface area contributed by atoms with Gasteiger partial charge in [-0.2, -0.15) is 0 Å². The van der Waals surface area contributed by atoms with Crippen molar-refractivity contribution in [3.05, 3.63) is 29.8 Å². The van der Waals surface area contributed by atoms with Crippen molar-refractivity contribution in [2.75, 3.05) is 19.3 Å². The third-order valence-corrected chi connectivity index (χ3v) is 3.71. The van der Waals surface area contributed by atoms with Crippen molar-refractivity contribution < 1.29 is 14.7 Å². The molecule has 0 fully saturated rings. The highest BCUT2D eigenvalue weighted by Crippen LogP contribution is 2.19. The zero-order valence-electron chi connectivity index (χ0n) is 11.3. The summed E-state index contributed by atoms with van der Waals surface area (Å²) in [6, 6.07) is 8.17. The second-order valence-electron chi connectivity index (χ2n) is 4.37. The maximum absolute atomic E-state index is 11.7. The number of aryl methyl sites for hydroxylation is 1. The number of hydrogen-bond acceptors (Lipinski definition) is 3. The van der Waals surface area contributed by atoms with Gasteiger partial charge in [-0.1, -0.05) is 17.7 Å². The van der Waals surface area contributed by atoms with Crippen molar-refractivity contribution in [3.63, 3.8) is 0 Å². The normalized spacial score (nSPS) is 10.2. The number of thioether (sulfide) groups is 1. The average molecular weight is 281 g/mol. The van der Waals surface area contributed by atoms with Crippen LogP contribution in [0.3, 0.4) is 0 Å². The van der Waals surface area contributed by atoms with Crippen molar-refractivity contribution >= 4 is 23.6 Å². The molecule has 0 aliphatic carbocycles. The fraction of sp³-hybridized carbons (Fsp3) is 0.429. The number of aliphatic carboxylic acids is 1. The van der Waals surface area contributed by atoms with E-state index in [2.05, 4.69) is 0 Å². The van der Waals surface area contributed by atoms with Crippen LogP contribution >= 0.6 is 11.8 Å². The number of carbonyl (C=O) groups excluding carboxylic acids is 1. The van der Waals surface area contributed by atoms with Crippen LogP contribution in [0.1, 0.15) is 18.4 Å². The van der Waals surface area contributed by atoms with Gasteiger partial charge in [-0.15, -0.1) is 11.8 Å². The molecule has 0 aliphatic rings. The Hall–Kier alpha value is -1.49. The Morgan fingerprint density at radius 1 is 1.21 bits per heavy atom. The quantitative estimate of drug-likeness (QED) is 0.780. The summed E-state index contributed by atoms with van der Waals surface area (Å²) in [7, 11) is 1.64. The smallest absolute Gasteiger partial charge is 0.305 e. The highest BCUT2D eigenvalue weighted by Gasteiger charge is 2.10. The van der Waals surface area contributed by atoms with Crippen LogP contribution in [0.2, 0.25) is 0 Å². The SMILES string of the molecule is Cc1ccc(SCCC(=O)N(C)CCC(=O)O)cc1. The second-order valence-corrected chi connectivity index (χ2v) is 5.54. The van der Waals surface area contributed by atoms with E-state index >= 15 is 0 Å². The number of carboxylic acids is 1. The number of benzene rings is 1. The molecule has 0 spiro atoms. The minimum absolute atomic E-state index is 0.00660. The standard InChI is InChI=1S/C14H19NO3S/c1-11-3-5-12(6-4-11)19-10-8-13(16)15(2)9-7-14(17)18/h3-6H,7-10H2,1-2H3,(H,17,18). The number of nitrogens with zero attached hydrogens (tertiary/aromatic N) is 1. The number of rotatable bonds is 7. The van der Waals surface area contributed by atoms with Crippen molar-refractivity contribution in [3.8, 4) is 0 Å². The van der Waals surface area contributed by atoms with Gasteiger partial charge in [0.2, 0.25) is 5.91 Å². The lowest BCUT2D eigenvalue weighted by Gasteiger charge is -2.15. The zero-order chi connectivity index (χ0) is 14.3. The van der Waals surface area contributed by atoms with Gasteiger partial charge in [-0.25, -0.2) is 0 Å². The van der Waals surface area contributed by atoms with E-state index in [1.807, 2.05) is 31.2 Å². The van der Waals surface area contributed by atoms with Crippen molar-refractivity contribution in [1.29, 1.82) is 0 Å². The fourth-order valence-electron chi connectivity index (χ4n) is 1.47. The van der Waals surface area contributed by atoms with Crippen LogP contribution in [0.15, 0.2) is 29.2 Å². The summed E-state index contributed by atoms with van der Waals surface area (Å²) >= 11 is 1.64. The van der Waals surface area contributed by atoms with Crippen LogP contribution in [0.4, 0.5) is 0 Å². The number of carbonyl (C=O) groups is 2. The average Bonchev–Trinajstić information content (AvgIpc) is 2.38. The highest BCUT2D eigenvalue weighted by atomic mass is 32.2. The molecule has 1 rings (SSSR count). The van der Waals surface area contributed by atoms with Crippen molar-refractivity contribution in [2.45, 2.75) is 24.7 Å². The van der Waals surface area contributed by atoms with E-state index in [-0.39, 0.29) is 18.9 Å². The van der Waals surface area contributed by atoms with Crippen molar-refractivity contribution in [2.24, 2.45) is 0 Å². The Bertz CT molecular complexity index is 431. The monoisotopic (exact) mass is 281 g/mol. The molecule has 1 aromatic rings. The summed E-state index contributed by atoms with van der Waals surface area (Å²) in [6.45, 7) is 2.30. The van der Waals surface area contributed by atoms with Crippen molar-refractivity contribution in [1.82, 2.24) is 4.90 Å². The van der Waals surface area contributed by atoms with Gasteiger partial charge in [0.15, 0.2) is 0 Å². The summed E-state index contributed by atoms with van der Waals surface area (Å²) in [6.07, 6.45) is 0.419. The molecule has 0 aromatic heterocycles. The van der Waals surface area contributed by atoms with Gasteiger partial charge in [0.1, 0.15) is 0 Å². The predicted octanol–water partition coefficient (Wildman–Crippen LogP) is 2.41. The summed E-state index contributed by atoms with van der Waals surface area (Å²) in [4.78, 5) is 24.8. The van der Waals surface area contributed by atoms with Gasteiger partial charge >= 0.3 is 5.97 Å². The Labute approximate surface area is 117 Å². The lowest BCUT2D eigenvalue weighted by molar-refractivity contribution is -0.138. The first-order chi connectivity index (χ1) is 8.99. The van der Waals surface area contributed by atoms with E-state index in [1.54, 1.807) is 18.8 Å². The third kappa shape index (κ3) is 6.29. The maximum atomic E-state index is 11.7. The first-order valence-corrected chi connectivity index (χ1v) is 7.13. The van der Waals surface area contributed by atoms with Crippen LogP contribution in [0.25, 0.3) is 0 Å². The molecule has 4 nitrogen and oxygen atoms in total. The van der Waals surface area contributed by atoms with Gasteiger partial charge in [0.25, 0.3) is 0 Å². The van der Waals surface area contributed by atoms with Crippen LogP contribution < -0.4 is 0 Å². The molecular formula is C14H19NO3S. The number of hydrogen-bond donors (Lipinski definition) is 1. The van der Waals surface area contributed by atoms with Gasteiger partial charge < -0.3 is 10.0 Å². The first-order valence-electron chi connectivity index (χ1n) is 6.14. The van der Waals surface area contributed by atoms with E-state index in [9.17, 15) is 9.59 Å². The van der Waals surface area contributed by atoms with Crippen LogP contribution in [-0.2, 0) is 9.59 Å². The lowest BCUT2D eigenvalue weighted by atomic mass is 10.2. The predicted molar refractivity (Wildman–Crippen MR) is 76.4 cm³/mol. The molecule has 0 aliphatic heterocycles. The molecule has 0 radical (unpaired) electrons. The van der Waals surface area contributed by atoms with Crippen LogP contribution in [-0.4, -0.2) is 41.2 Å². The fourth-order valence-corrected chi connectivity index (χ4v) is 2.31. The maximum Gasteiger partial charge on any atom is 0.305 e. The molecule has 5 heteroatoms. The molecule has 104 valence electrons. The summed E-state index contributed by atoms with van der Waals surface area (Å²) < 4.78 is 0. The summed E-state index contributed by atoms with van der Waals surface area (Å²) in [5, 5.41) is 8.55. The molecular weight excluding hydrogens is 262 g/mol. The van der Waals surface area contributed by atoms with E-state index in [0.717, 1.165) is 4.90 Å². The van der Waals surface area contributed by atoms with Gasteiger partial charge in [0, 0.05) is 30.7 Å². The summed E-state index contributed by atoms with van der Waals surface area (Å²) in [5.41, 5.74) is 1.22. The topological polar surface area (TPSA) is 57.6 Å². The van der Waals surface area contributed by atoms with Gasteiger partial charge in [-0.05, 0) is 19.1 Å². The molecule has 0 saturated carbocycles. The molecule has 0 atom stereocenters. The second kappa shape index (κ2) is 7.84. The zero-order valence-corrected chi connectivity index (χ0v) is 12.1. The van der Waals surface area contributed by atoms with Gasteiger partial charge in [-0.3, -0.25) is 9.59 Å². The van der Waals surface area contributed by atoms with E-state index in [1.165, 1.54) is 10.5 Å². The Morgan fingerprint density at radius 3 is 2.42 bits per heavy atom. The highest BCUT2D eigenvalue weighted by molar-refractivity contribution is 7.99. The number of carboxylic acid groups (broad SMARTS) is 1. The molecule has 1 amide bonds. The van der Waals surface area contributed by atoms with Crippen LogP contribution in [0, 0.1) is 6.92 Å². The lowest BCUT2D eigenvalue weighted by Crippen LogP contribution is -2.29. The molecule has 1 N–H and O–H groups in total. The minimum Gasteiger partial charge on any atom is -0.481 e.